The molecule has 230 valence electrons. The maximum Gasteiger partial charge on any atom is 0.249 e. The Hall–Kier alpha value is -3.92. The van der Waals surface area contributed by atoms with Crippen molar-refractivity contribution in [2.45, 2.75) is 106 Å². The Morgan fingerprint density at radius 1 is 0.523 bits per heavy atom. The molecule has 44 heavy (non-hydrogen) atoms. The molecule has 2 heterocycles. The standard InChI is InChI=1S/C40H52N4/c1-27(2)35-13-11-14-36(28(3)4)39(35)43-19-17-41(25-43)23-33-22-34(32(10)21-31(33)9)24-42-18-20-44(26-42)40-37(29(5)6)15-12-16-38(40)30(7)8/h11-22,25-30H,23-24H2,1-10H3/q+2. The highest BCUT2D eigenvalue weighted by Gasteiger charge is 2.22. The molecular weight excluding hydrogens is 536 g/mol. The topological polar surface area (TPSA) is 17.6 Å². The zero-order chi connectivity index (χ0) is 31.7. The second-order valence-electron chi connectivity index (χ2n) is 13.9. The lowest BCUT2D eigenvalue weighted by Crippen LogP contribution is -2.34. The van der Waals surface area contributed by atoms with Gasteiger partial charge < -0.3 is 0 Å². The summed E-state index contributed by atoms with van der Waals surface area (Å²) in [7, 11) is 0. The van der Waals surface area contributed by atoms with Gasteiger partial charge in [-0.25, -0.2) is 18.3 Å². The summed E-state index contributed by atoms with van der Waals surface area (Å²) in [6, 6.07) is 18.3. The van der Waals surface area contributed by atoms with Crippen LogP contribution >= 0.6 is 0 Å². The fraction of sp³-hybridized carbons (Fsp3) is 0.400. The quantitative estimate of drug-likeness (QED) is 0.145. The number of aromatic nitrogens is 4. The Kier molecular flexibility index (Phi) is 9.29. The summed E-state index contributed by atoms with van der Waals surface area (Å²) in [6.45, 7) is 24.5. The van der Waals surface area contributed by atoms with Gasteiger partial charge in [-0.1, -0.05) is 97.9 Å². The van der Waals surface area contributed by atoms with Crippen molar-refractivity contribution in [1.82, 2.24) is 9.13 Å². The number of hydrogen-bond donors (Lipinski definition) is 0. The minimum atomic E-state index is 0.463. The lowest BCUT2D eigenvalue weighted by atomic mass is 9.92. The largest absolute Gasteiger partial charge is 0.249 e. The molecule has 0 bridgehead atoms. The zero-order valence-electron chi connectivity index (χ0n) is 28.6. The van der Waals surface area contributed by atoms with Gasteiger partial charge in [-0.3, -0.25) is 0 Å². The summed E-state index contributed by atoms with van der Waals surface area (Å²) < 4.78 is 9.30. The minimum absolute atomic E-state index is 0.463. The Morgan fingerprint density at radius 2 is 0.864 bits per heavy atom. The van der Waals surface area contributed by atoms with Crippen LogP contribution in [-0.2, 0) is 13.1 Å². The van der Waals surface area contributed by atoms with E-state index in [9.17, 15) is 0 Å². The van der Waals surface area contributed by atoms with Crippen molar-refractivity contribution in [3.63, 3.8) is 0 Å². The second-order valence-corrected chi connectivity index (χ2v) is 13.9. The predicted octanol–water partition coefficient (Wildman–Crippen LogP) is 9.05. The molecule has 2 aromatic heterocycles. The van der Waals surface area contributed by atoms with Gasteiger partial charge in [-0.2, -0.15) is 0 Å². The average Bonchev–Trinajstić information content (AvgIpc) is 3.64. The molecule has 0 fully saturated rings. The van der Waals surface area contributed by atoms with E-state index in [0.717, 1.165) is 13.1 Å². The van der Waals surface area contributed by atoms with Crippen LogP contribution in [0.4, 0.5) is 0 Å². The number of rotatable bonds is 10. The highest BCUT2D eigenvalue weighted by molar-refractivity contribution is 5.52. The molecule has 0 aliphatic heterocycles. The Bertz CT molecular complexity index is 1570. The van der Waals surface area contributed by atoms with Gasteiger partial charge in [0.15, 0.2) is 0 Å². The minimum Gasteiger partial charge on any atom is -0.232 e. The van der Waals surface area contributed by atoms with Crippen molar-refractivity contribution in [3.8, 4) is 11.4 Å². The molecule has 0 radical (unpaired) electrons. The molecule has 0 amide bonds. The number of hydrogen-bond acceptors (Lipinski definition) is 0. The van der Waals surface area contributed by atoms with Crippen molar-refractivity contribution < 1.29 is 9.13 Å². The van der Waals surface area contributed by atoms with Crippen LogP contribution in [0.5, 0.6) is 0 Å². The summed E-state index contributed by atoms with van der Waals surface area (Å²) in [5.41, 5.74) is 13.7. The fourth-order valence-electron chi connectivity index (χ4n) is 6.54. The molecule has 0 saturated heterocycles. The van der Waals surface area contributed by atoms with Gasteiger partial charge in [0.25, 0.3) is 0 Å². The lowest BCUT2D eigenvalue weighted by molar-refractivity contribution is -0.688. The average molecular weight is 589 g/mol. The van der Waals surface area contributed by atoms with E-state index in [1.54, 1.807) is 0 Å². The van der Waals surface area contributed by atoms with Crippen LogP contribution < -0.4 is 9.13 Å². The highest BCUT2D eigenvalue weighted by atomic mass is 15.1. The molecule has 4 heteroatoms. The third kappa shape index (κ3) is 6.45. The first-order valence-corrected chi connectivity index (χ1v) is 16.4. The van der Waals surface area contributed by atoms with Gasteiger partial charge in [0, 0.05) is 22.3 Å². The molecule has 0 N–H and O–H groups in total. The van der Waals surface area contributed by atoms with Crippen LogP contribution in [0.2, 0.25) is 0 Å². The summed E-state index contributed by atoms with van der Waals surface area (Å²) in [4.78, 5) is 0. The molecule has 5 rings (SSSR count). The maximum atomic E-state index is 2.42. The van der Waals surface area contributed by atoms with Gasteiger partial charge in [0.05, 0.1) is 0 Å². The van der Waals surface area contributed by atoms with Crippen molar-refractivity contribution >= 4 is 0 Å². The first-order chi connectivity index (χ1) is 20.9. The molecule has 0 spiro atoms. The van der Waals surface area contributed by atoms with E-state index < -0.39 is 0 Å². The number of para-hydroxylation sites is 2. The molecule has 0 aliphatic carbocycles. The van der Waals surface area contributed by atoms with Crippen molar-refractivity contribution in [1.29, 1.82) is 0 Å². The van der Waals surface area contributed by atoms with Crippen molar-refractivity contribution in [3.05, 3.63) is 130 Å². The number of aryl methyl sites for hydroxylation is 2. The molecule has 0 unspecified atom stereocenters. The van der Waals surface area contributed by atoms with E-state index in [2.05, 4.69) is 173 Å². The molecule has 0 aliphatic rings. The van der Waals surface area contributed by atoms with E-state index in [0.29, 0.717) is 23.7 Å². The van der Waals surface area contributed by atoms with Crippen LogP contribution in [0.25, 0.3) is 11.4 Å². The number of nitrogens with zero attached hydrogens (tertiary/aromatic N) is 4. The van der Waals surface area contributed by atoms with E-state index in [1.165, 1.54) is 55.9 Å². The van der Waals surface area contributed by atoms with Crippen LogP contribution in [0.1, 0.15) is 124 Å². The third-order valence-electron chi connectivity index (χ3n) is 9.08. The van der Waals surface area contributed by atoms with Gasteiger partial charge >= 0.3 is 0 Å². The molecule has 5 aromatic rings. The maximum absolute atomic E-state index is 2.42. The van der Waals surface area contributed by atoms with Crippen LogP contribution in [0.3, 0.4) is 0 Å². The van der Waals surface area contributed by atoms with Gasteiger partial charge in [0.1, 0.15) is 49.3 Å². The smallest absolute Gasteiger partial charge is 0.232 e. The first kappa shape index (κ1) is 31.5. The first-order valence-electron chi connectivity index (χ1n) is 16.4. The predicted molar refractivity (Wildman–Crippen MR) is 182 cm³/mol. The molecule has 3 aromatic carbocycles. The van der Waals surface area contributed by atoms with Gasteiger partial charge in [0.2, 0.25) is 12.7 Å². The van der Waals surface area contributed by atoms with E-state index >= 15 is 0 Å². The summed E-state index contributed by atoms with van der Waals surface area (Å²) >= 11 is 0. The van der Waals surface area contributed by atoms with Crippen molar-refractivity contribution in [2.75, 3.05) is 0 Å². The van der Waals surface area contributed by atoms with Gasteiger partial charge in [-0.15, -0.1) is 0 Å². The highest BCUT2D eigenvalue weighted by Crippen LogP contribution is 2.32. The summed E-state index contributed by atoms with van der Waals surface area (Å²) in [6.07, 6.45) is 13.4. The lowest BCUT2D eigenvalue weighted by Gasteiger charge is -2.16. The normalized spacial score (nSPS) is 12.0. The Balaban J connectivity index is 1.43. The molecule has 0 saturated carbocycles. The van der Waals surface area contributed by atoms with E-state index in [4.69, 9.17) is 0 Å². The van der Waals surface area contributed by atoms with Gasteiger partial charge in [-0.05, 0) is 65.8 Å². The van der Waals surface area contributed by atoms with E-state index in [-0.39, 0.29) is 0 Å². The van der Waals surface area contributed by atoms with E-state index in [1.807, 2.05) is 0 Å². The monoisotopic (exact) mass is 588 g/mol. The number of benzene rings is 3. The molecular formula is C40H52N4+2. The van der Waals surface area contributed by atoms with Crippen LogP contribution in [0, 0.1) is 13.8 Å². The summed E-state index contributed by atoms with van der Waals surface area (Å²) in [5, 5.41) is 0. The SMILES string of the molecule is Cc1cc(C)c(C[n+]2ccn(-c3c(C(C)C)cccc3C(C)C)c2)cc1C[n+]1ccn(-c2c(C(C)C)cccc2C(C)C)c1. The van der Waals surface area contributed by atoms with Crippen LogP contribution in [0.15, 0.2) is 86.0 Å². The fourth-order valence-corrected chi connectivity index (χ4v) is 6.54. The molecule has 4 nitrogen and oxygen atoms in total. The van der Waals surface area contributed by atoms with Crippen molar-refractivity contribution in [2.24, 2.45) is 0 Å². The Morgan fingerprint density at radius 3 is 1.18 bits per heavy atom. The summed E-state index contributed by atoms with van der Waals surface area (Å²) in [5.74, 6) is 1.85. The Labute approximate surface area is 265 Å². The molecule has 0 atom stereocenters. The third-order valence-corrected chi connectivity index (χ3v) is 9.08. The van der Waals surface area contributed by atoms with Crippen LogP contribution in [-0.4, -0.2) is 9.13 Å². The zero-order valence-corrected chi connectivity index (χ0v) is 28.6. The second kappa shape index (κ2) is 13.0. The number of imidazole rings is 2.